The van der Waals surface area contributed by atoms with Crippen LogP contribution >= 0.6 is 11.6 Å². The molecular formula is C17H17ClF3N2O+. The fourth-order valence-electron chi connectivity index (χ4n) is 2.22. The minimum Gasteiger partial charge on any atom is -0.321 e. The van der Waals surface area contributed by atoms with Crippen molar-refractivity contribution in [3.05, 3.63) is 58.4 Å². The fraction of sp³-hybridized carbons (Fsp3) is 0.294. The molecule has 0 atom stereocenters. The number of aryl methyl sites for hydroxylation is 2. The summed E-state index contributed by atoms with van der Waals surface area (Å²) in [6.07, 6.45) is -1.88. The molecule has 0 radical (unpaired) electrons. The number of alkyl halides is 3. The molecule has 1 heterocycles. The summed E-state index contributed by atoms with van der Waals surface area (Å²) in [6.45, 7) is 3.88. The molecule has 128 valence electrons. The van der Waals surface area contributed by atoms with Gasteiger partial charge in [-0.3, -0.25) is 4.79 Å². The second-order valence-electron chi connectivity index (χ2n) is 5.40. The van der Waals surface area contributed by atoms with Crippen LogP contribution in [0.25, 0.3) is 0 Å². The van der Waals surface area contributed by atoms with Gasteiger partial charge in [-0.1, -0.05) is 18.5 Å². The number of hydrogen-bond donors (Lipinski definition) is 1. The standard InChI is InChI=1S/C17H16ClF3N2O/c1-3-12-5-4-11(2)23(9-12)10-16(24)22-13-6-7-15(18)14(8-13)17(19,20)21/h4-9H,3,10H2,1-2H3/p+1. The summed E-state index contributed by atoms with van der Waals surface area (Å²) in [6, 6.07) is 7.17. The molecule has 0 bridgehead atoms. The van der Waals surface area contributed by atoms with E-state index in [9.17, 15) is 18.0 Å². The first-order chi connectivity index (χ1) is 11.2. The summed E-state index contributed by atoms with van der Waals surface area (Å²) in [5, 5.41) is 2.07. The molecule has 1 N–H and O–H groups in total. The predicted octanol–water partition coefficient (Wildman–Crippen LogP) is 4.16. The monoisotopic (exact) mass is 357 g/mol. The van der Waals surface area contributed by atoms with Crippen LogP contribution in [0, 0.1) is 6.92 Å². The number of halogens is 4. The largest absolute Gasteiger partial charge is 0.417 e. The Balaban J connectivity index is 2.16. The van der Waals surface area contributed by atoms with Gasteiger partial charge >= 0.3 is 6.18 Å². The van der Waals surface area contributed by atoms with Crippen LogP contribution in [0.2, 0.25) is 5.02 Å². The van der Waals surface area contributed by atoms with Gasteiger partial charge in [-0.05, 0) is 30.7 Å². The van der Waals surface area contributed by atoms with Gasteiger partial charge < -0.3 is 5.32 Å². The smallest absolute Gasteiger partial charge is 0.321 e. The Morgan fingerprint density at radius 2 is 1.96 bits per heavy atom. The fourth-order valence-corrected chi connectivity index (χ4v) is 2.45. The molecule has 2 aromatic rings. The first-order valence-electron chi connectivity index (χ1n) is 7.36. The molecule has 0 saturated heterocycles. The molecule has 0 aliphatic rings. The first-order valence-corrected chi connectivity index (χ1v) is 7.74. The molecule has 7 heteroatoms. The van der Waals surface area contributed by atoms with Crippen molar-refractivity contribution in [2.24, 2.45) is 0 Å². The van der Waals surface area contributed by atoms with Gasteiger partial charge in [-0.15, -0.1) is 0 Å². The Bertz CT molecular complexity index is 760. The Morgan fingerprint density at radius 1 is 1.25 bits per heavy atom. The lowest BCUT2D eigenvalue weighted by Gasteiger charge is -2.11. The minimum absolute atomic E-state index is 0.0175. The van der Waals surface area contributed by atoms with E-state index >= 15 is 0 Å². The number of aromatic nitrogens is 1. The van der Waals surface area contributed by atoms with Crippen LogP contribution in [0.15, 0.2) is 36.5 Å². The second-order valence-corrected chi connectivity index (χ2v) is 5.81. The van der Waals surface area contributed by atoms with Gasteiger partial charge in [0.15, 0.2) is 11.9 Å². The van der Waals surface area contributed by atoms with Crippen LogP contribution in [-0.4, -0.2) is 5.91 Å². The molecule has 2 rings (SSSR count). The van der Waals surface area contributed by atoms with E-state index in [0.29, 0.717) is 0 Å². The lowest BCUT2D eigenvalue weighted by molar-refractivity contribution is -0.690. The van der Waals surface area contributed by atoms with Crippen molar-refractivity contribution in [3.8, 4) is 0 Å². The molecule has 24 heavy (non-hydrogen) atoms. The second kappa shape index (κ2) is 7.21. The number of pyridine rings is 1. The maximum atomic E-state index is 12.8. The van der Waals surface area contributed by atoms with Crippen LogP contribution in [0.4, 0.5) is 18.9 Å². The normalized spacial score (nSPS) is 11.4. The first kappa shape index (κ1) is 18.3. The predicted molar refractivity (Wildman–Crippen MR) is 85.8 cm³/mol. The van der Waals surface area contributed by atoms with E-state index in [-0.39, 0.29) is 12.2 Å². The maximum absolute atomic E-state index is 12.8. The van der Waals surface area contributed by atoms with Crippen molar-refractivity contribution in [2.45, 2.75) is 33.0 Å². The van der Waals surface area contributed by atoms with Gasteiger partial charge in [0.1, 0.15) is 0 Å². The molecule has 0 unspecified atom stereocenters. The summed E-state index contributed by atoms with van der Waals surface area (Å²) in [5.41, 5.74) is 1.04. The third-order valence-electron chi connectivity index (χ3n) is 3.59. The average molecular weight is 358 g/mol. The van der Waals surface area contributed by atoms with Crippen LogP contribution in [0.3, 0.4) is 0 Å². The Hall–Kier alpha value is -2.08. The molecule has 1 aromatic heterocycles. The molecular weight excluding hydrogens is 341 g/mol. The number of rotatable bonds is 4. The Morgan fingerprint density at radius 3 is 2.58 bits per heavy atom. The number of nitrogens with one attached hydrogen (secondary N) is 1. The van der Waals surface area contributed by atoms with Crippen molar-refractivity contribution in [2.75, 3.05) is 5.32 Å². The summed E-state index contributed by atoms with van der Waals surface area (Å²) < 4.78 is 40.3. The zero-order chi connectivity index (χ0) is 17.9. The minimum atomic E-state index is -4.57. The SMILES string of the molecule is CCc1ccc(C)[n+](CC(=O)Nc2ccc(Cl)c(C(F)(F)F)c2)c1. The maximum Gasteiger partial charge on any atom is 0.417 e. The highest BCUT2D eigenvalue weighted by atomic mass is 35.5. The summed E-state index contributed by atoms with van der Waals surface area (Å²) >= 11 is 5.56. The van der Waals surface area contributed by atoms with E-state index in [4.69, 9.17) is 11.6 Å². The van der Waals surface area contributed by atoms with E-state index in [0.717, 1.165) is 29.8 Å². The zero-order valence-electron chi connectivity index (χ0n) is 13.2. The lowest BCUT2D eigenvalue weighted by Crippen LogP contribution is -2.43. The van der Waals surface area contributed by atoms with Crippen molar-refractivity contribution in [1.82, 2.24) is 0 Å². The number of carbonyl (C=O) groups excluding carboxylic acids is 1. The molecule has 1 amide bonds. The number of benzene rings is 1. The zero-order valence-corrected chi connectivity index (χ0v) is 14.0. The van der Waals surface area contributed by atoms with Gasteiger partial charge in [0.2, 0.25) is 6.54 Å². The van der Waals surface area contributed by atoms with Crippen molar-refractivity contribution >= 4 is 23.2 Å². The van der Waals surface area contributed by atoms with E-state index < -0.39 is 22.7 Å². The topological polar surface area (TPSA) is 33.0 Å². The van der Waals surface area contributed by atoms with Gasteiger partial charge in [0.05, 0.1) is 10.6 Å². The highest BCUT2D eigenvalue weighted by Crippen LogP contribution is 2.36. The molecule has 3 nitrogen and oxygen atoms in total. The van der Waals surface area contributed by atoms with Crippen LogP contribution in [0.1, 0.15) is 23.7 Å². The lowest BCUT2D eigenvalue weighted by atomic mass is 10.2. The van der Waals surface area contributed by atoms with Crippen molar-refractivity contribution in [1.29, 1.82) is 0 Å². The average Bonchev–Trinajstić information content (AvgIpc) is 2.50. The molecule has 0 spiro atoms. The van der Waals surface area contributed by atoms with Gasteiger partial charge in [0.25, 0.3) is 5.91 Å². The number of carbonyl (C=O) groups is 1. The Labute approximate surface area is 143 Å². The highest BCUT2D eigenvalue weighted by Gasteiger charge is 2.33. The van der Waals surface area contributed by atoms with E-state index in [1.807, 2.05) is 32.2 Å². The molecule has 0 saturated carbocycles. The van der Waals surface area contributed by atoms with E-state index in [2.05, 4.69) is 5.32 Å². The van der Waals surface area contributed by atoms with E-state index in [1.54, 1.807) is 4.57 Å². The number of anilines is 1. The van der Waals surface area contributed by atoms with Crippen molar-refractivity contribution in [3.63, 3.8) is 0 Å². The molecule has 0 aliphatic heterocycles. The quantitative estimate of drug-likeness (QED) is 0.819. The van der Waals surface area contributed by atoms with Crippen LogP contribution in [-0.2, 0) is 23.9 Å². The summed E-state index contributed by atoms with van der Waals surface area (Å²) in [5.74, 6) is -0.410. The van der Waals surface area contributed by atoms with Gasteiger partial charge in [0, 0.05) is 24.2 Å². The van der Waals surface area contributed by atoms with E-state index in [1.165, 1.54) is 6.07 Å². The summed E-state index contributed by atoms with van der Waals surface area (Å²) in [7, 11) is 0. The van der Waals surface area contributed by atoms with Gasteiger partial charge in [-0.2, -0.15) is 17.7 Å². The third-order valence-corrected chi connectivity index (χ3v) is 3.92. The van der Waals surface area contributed by atoms with Crippen LogP contribution < -0.4 is 9.88 Å². The summed E-state index contributed by atoms with van der Waals surface area (Å²) in [4.78, 5) is 12.1. The molecule has 1 aromatic carbocycles. The number of nitrogens with zero attached hydrogens (tertiary/aromatic N) is 1. The third kappa shape index (κ3) is 4.47. The van der Waals surface area contributed by atoms with Crippen molar-refractivity contribution < 1.29 is 22.5 Å². The number of amides is 1. The van der Waals surface area contributed by atoms with Gasteiger partial charge in [-0.25, -0.2) is 0 Å². The number of hydrogen-bond acceptors (Lipinski definition) is 1. The van der Waals surface area contributed by atoms with Crippen LogP contribution in [0.5, 0.6) is 0 Å². The Kier molecular flexibility index (Phi) is 5.49. The highest BCUT2D eigenvalue weighted by molar-refractivity contribution is 6.31. The molecule has 0 fully saturated rings. The molecule has 0 aliphatic carbocycles.